The molecule has 6 heteroatoms. The molecule has 0 aliphatic carbocycles. The third-order valence-electron chi connectivity index (χ3n) is 5.55. The van der Waals surface area contributed by atoms with Crippen molar-refractivity contribution in [3.8, 4) is 0 Å². The molecule has 0 spiro atoms. The van der Waals surface area contributed by atoms with Gasteiger partial charge < -0.3 is 4.90 Å². The molecule has 0 saturated carbocycles. The van der Waals surface area contributed by atoms with Gasteiger partial charge in [0.15, 0.2) is 0 Å². The molecule has 156 valence electrons. The van der Waals surface area contributed by atoms with Crippen molar-refractivity contribution in [3.05, 3.63) is 64.7 Å². The minimum absolute atomic E-state index is 0.138. The molecule has 0 aromatic heterocycles. The first kappa shape index (κ1) is 21.5. The highest BCUT2D eigenvalue weighted by molar-refractivity contribution is 7.89. The number of piperidine rings is 1. The van der Waals surface area contributed by atoms with E-state index in [2.05, 4.69) is 29.0 Å². The number of nitrogens with one attached hydrogen (secondary N) is 1. The lowest BCUT2D eigenvalue weighted by Crippen LogP contribution is -2.46. The summed E-state index contributed by atoms with van der Waals surface area (Å²) < 4.78 is 28.4. The molecule has 1 aliphatic heterocycles. The monoisotopic (exact) mass is 414 g/mol. The third kappa shape index (κ3) is 5.67. The van der Waals surface area contributed by atoms with E-state index in [0.29, 0.717) is 37.2 Å². The second kappa shape index (κ2) is 9.09. The van der Waals surface area contributed by atoms with Crippen molar-refractivity contribution in [1.82, 2.24) is 9.62 Å². The van der Waals surface area contributed by atoms with Gasteiger partial charge >= 0.3 is 0 Å². The summed E-state index contributed by atoms with van der Waals surface area (Å²) in [5.74, 6) is 0.140. The summed E-state index contributed by atoms with van der Waals surface area (Å²) in [6, 6.07) is 13.6. The second-order valence-electron chi connectivity index (χ2n) is 8.03. The molecule has 29 heavy (non-hydrogen) atoms. The van der Waals surface area contributed by atoms with E-state index in [-0.39, 0.29) is 11.9 Å². The maximum Gasteiger partial charge on any atom is 0.241 e. The second-order valence-corrected chi connectivity index (χ2v) is 9.71. The number of aryl methyl sites for hydroxylation is 4. The zero-order valence-electron chi connectivity index (χ0n) is 17.4. The number of rotatable bonds is 6. The Bertz CT molecular complexity index is 960. The smallest absolute Gasteiger partial charge is 0.241 e. The lowest BCUT2D eigenvalue weighted by atomic mass is 10.0. The third-order valence-corrected chi connectivity index (χ3v) is 7.21. The lowest BCUT2D eigenvalue weighted by Gasteiger charge is -2.32. The van der Waals surface area contributed by atoms with Crippen LogP contribution in [-0.2, 0) is 21.2 Å². The van der Waals surface area contributed by atoms with Crippen molar-refractivity contribution < 1.29 is 13.2 Å². The van der Waals surface area contributed by atoms with E-state index in [1.807, 2.05) is 37.8 Å². The SMILES string of the molecule is Cc1ccc(CCC(=O)N2CCC(NS(=O)(=O)c3cc(C)ccc3C)CC2)cc1. The molecular formula is C23H30N2O3S. The van der Waals surface area contributed by atoms with Gasteiger partial charge in [0.1, 0.15) is 0 Å². The molecule has 0 unspecified atom stereocenters. The van der Waals surface area contributed by atoms with Gasteiger partial charge in [-0.15, -0.1) is 0 Å². The molecule has 0 bridgehead atoms. The van der Waals surface area contributed by atoms with Gasteiger partial charge in [-0.2, -0.15) is 0 Å². The van der Waals surface area contributed by atoms with E-state index in [4.69, 9.17) is 0 Å². The number of hydrogen-bond acceptors (Lipinski definition) is 3. The number of benzene rings is 2. The summed E-state index contributed by atoms with van der Waals surface area (Å²) in [7, 11) is -3.55. The van der Waals surface area contributed by atoms with Crippen LogP contribution < -0.4 is 4.72 Å². The largest absolute Gasteiger partial charge is 0.343 e. The number of carbonyl (C=O) groups excluding carboxylic acids is 1. The normalized spacial score (nSPS) is 15.5. The van der Waals surface area contributed by atoms with E-state index in [9.17, 15) is 13.2 Å². The molecule has 0 atom stereocenters. The fraction of sp³-hybridized carbons (Fsp3) is 0.435. The molecule has 2 aromatic rings. The molecule has 5 nitrogen and oxygen atoms in total. The van der Waals surface area contributed by atoms with Gasteiger partial charge in [-0.05, 0) is 62.8 Å². The zero-order valence-corrected chi connectivity index (χ0v) is 18.3. The van der Waals surface area contributed by atoms with E-state index >= 15 is 0 Å². The van der Waals surface area contributed by atoms with Gasteiger partial charge in [-0.3, -0.25) is 4.79 Å². The van der Waals surface area contributed by atoms with E-state index < -0.39 is 10.0 Å². The fourth-order valence-corrected chi connectivity index (χ4v) is 5.33. The molecule has 3 rings (SSSR count). The average molecular weight is 415 g/mol. The topological polar surface area (TPSA) is 66.5 Å². The van der Waals surface area contributed by atoms with Crippen molar-refractivity contribution in [2.75, 3.05) is 13.1 Å². The standard InChI is InChI=1S/C23H30N2O3S/c1-17-5-8-20(9-6-17)10-11-23(26)25-14-12-21(13-15-25)24-29(27,28)22-16-18(2)4-7-19(22)3/h4-9,16,21,24H,10-15H2,1-3H3. The number of nitrogens with zero attached hydrogens (tertiary/aromatic N) is 1. The Labute approximate surface area is 174 Å². The maximum absolute atomic E-state index is 12.8. The van der Waals surface area contributed by atoms with Gasteiger partial charge in [-0.25, -0.2) is 13.1 Å². The number of carbonyl (C=O) groups is 1. The molecule has 1 saturated heterocycles. The Morgan fingerprint density at radius 1 is 1.00 bits per heavy atom. The van der Waals surface area contributed by atoms with Crippen molar-refractivity contribution in [1.29, 1.82) is 0 Å². The summed E-state index contributed by atoms with van der Waals surface area (Å²) in [4.78, 5) is 14.7. The van der Waals surface area contributed by atoms with Gasteiger partial charge in [-0.1, -0.05) is 42.0 Å². The minimum Gasteiger partial charge on any atom is -0.343 e. The van der Waals surface area contributed by atoms with Gasteiger partial charge in [0, 0.05) is 25.6 Å². The minimum atomic E-state index is -3.55. The molecule has 1 amide bonds. The predicted octanol–water partition coefficient (Wildman–Crippen LogP) is 3.51. The molecule has 1 aliphatic rings. The molecule has 0 radical (unpaired) electrons. The molecule has 2 aromatic carbocycles. The fourth-order valence-electron chi connectivity index (χ4n) is 3.69. The Kier molecular flexibility index (Phi) is 6.75. The Morgan fingerprint density at radius 2 is 1.62 bits per heavy atom. The van der Waals surface area contributed by atoms with Crippen LogP contribution in [0, 0.1) is 20.8 Å². The van der Waals surface area contributed by atoms with Crippen LogP contribution in [-0.4, -0.2) is 38.4 Å². The molecule has 1 fully saturated rings. The number of likely N-dealkylation sites (tertiary alicyclic amines) is 1. The van der Waals surface area contributed by atoms with Gasteiger partial charge in [0.25, 0.3) is 0 Å². The van der Waals surface area contributed by atoms with Crippen LogP contribution in [0.2, 0.25) is 0 Å². The lowest BCUT2D eigenvalue weighted by molar-refractivity contribution is -0.132. The highest BCUT2D eigenvalue weighted by atomic mass is 32.2. The first-order valence-corrected chi connectivity index (χ1v) is 11.7. The maximum atomic E-state index is 12.8. The molecule has 1 N–H and O–H groups in total. The number of hydrogen-bond donors (Lipinski definition) is 1. The van der Waals surface area contributed by atoms with Crippen LogP contribution in [0.15, 0.2) is 47.4 Å². The van der Waals surface area contributed by atoms with Crippen LogP contribution in [0.25, 0.3) is 0 Å². The summed E-state index contributed by atoms with van der Waals surface area (Å²) in [5.41, 5.74) is 4.04. The number of amides is 1. The summed E-state index contributed by atoms with van der Waals surface area (Å²) in [5, 5.41) is 0. The van der Waals surface area contributed by atoms with E-state index in [0.717, 1.165) is 17.5 Å². The molecular weight excluding hydrogens is 384 g/mol. The first-order valence-electron chi connectivity index (χ1n) is 10.2. The predicted molar refractivity (Wildman–Crippen MR) is 115 cm³/mol. The Balaban J connectivity index is 1.51. The Morgan fingerprint density at radius 3 is 2.28 bits per heavy atom. The first-order chi connectivity index (χ1) is 13.7. The van der Waals surface area contributed by atoms with Gasteiger partial charge in [0.2, 0.25) is 15.9 Å². The highest BCUT2D eigenvalue weighted by Gasteiger charge is 2.27. The number of sulfonamides is 1. The van der Waals surface area contributed by atoms with Crippen molar-refractivity contribution in [3.63, 3.8) is 0 Å². The molecule has 1 heterocycles. The van der Waals surface area contributed by atoms with Crippen LogP contribution in [0.5, 0.6) is 0 Å². The Hall–Kier alpha value is -2.18. The zero-order chi connectivity index (χ0) is 21.0. The van der Waals surface area contributed by atoms with Crippen LogP contribution in [0.3, 0.4) is 0 Å². The van der Waals surface area contributed by atoms with Crippen molar-refractivity contribution in [2.45, 2.75) is 57.4 Å². The van der Waals surface area contributed by atoms with Crippen molar-refractivity contribution >= 4 is 15.9 Å². The van der Waals surface area contributed by atoms with Gasteiger partial charge in [0.05, 0.1) is 4.90 Å². The van der Waals surface area contributed by atoms with Crippen LogP contribution in [0.1, 0.15) is 41.5 Å². The quantitative estimate of drug-likeness (QED) is 0.787. The van der Waals surface area contributed by atoms with Crippen LogP contribution >= 0.6 is 0 Å². The average Bonchev–Trinajstić information content (AvgIpc) is 2.69. The van der Waals surface area contributed by atoms with Crippen LogP contribution in [0.4, 0.5) is 0 Å². The van der Waals surface area contributed by atoms with Crippen molar-refractivity contribution in [2.24, 2.45) is 0 Å². The van der Waals surface area contributed by atoms with E-state index in [1.54, 1.807) is 6.07 Å². The summed E-state index contributed by atoms with van der Waals surface area (Å²) in [6.45, 7) is 6.93. The summed E-state index contributed by atoms with van der Waals surface area (Å²) in [6.07, 6.45) is 2.50. The van der Waals surface area contributed by atoms with E-state index in [1.165, 1.54) is 11.1 Å². The highest BCUT2D eigenvalue weighted by Crippen LogP contribution is 2.20. The summed E-state index contributed by atoms with van der Waals surface area (Å²) >= 11 is 0.